The summed E-state index contributed by atoms with van der Waals surface area (Å²) in [7, 11) is 10.2. The van der Waals surface area contributed by atoms with Gasteiger partial charge in [-0.05, 0) is 123 Å². The van der Waals surface area contributed by atoms with Gasteiger partial charge in [0.05, 0.1) is 33.4 Å². The fourth-order valence-electron chi connectivity index (χ4n) is 7.32. The fourth-order valence-corrected chi connectivity index (χ4v) is 7.32. The molecule has 2 heterocycles. The topological polar surface area (TPSA) is 152 Å². The summed E-state index contributed by atoms with van der Waals surface area (Å²) in [6.07, 6.45) is 9.46. The maximum Gasteiger partial charge on any atom is 0.198 e. The molecule has 2 aliphatic rings. The first-order chi connectivity index (χ1) is 27.1. The highest BCUT2D eigenvalue weighted by Crippen LogP contribution is 2.38. The van der Waals surface area contributed by atoms with E-state index in [4.69, 9.17) is 0 Å². The maximum atomic E-state index is 13.8. The largest absolute Gasteiger partial charge is 0.384 e. The van der Waals surface area contributed by atoms with Crippen LogP contribution in [0.15, 0.2) is 61.2 Å². The minimum Gasteiger partial charge on any atom is -0.384 e. The van der Waals surface area contributed by atoms with E-state index < -0.39 is 0 Å². The summed E-state index contributed by atoms with van der Waals surface area (Å²) in [5.74, 6) is -0.755. The van der Waals surface area contributed by atoms with Crippen LogP contribution in [0.4, 0.5) is 22.7 Å². The maximum absolute atomic E-state index is 13.8. The van der Waals surface area contributed by atoms with Gasteiger partial charge < -0.3 is 36.0 Å². The smallest absolute Gasteiger partial charge is 0.198 e. The van der Waals surface area contributed by atoms with Gasteiger partial charge in [-0.3, -0.25) is 29.1 Å². The Hall–Kier alpha value is -5.50. The van der Waals surface area contributed by atoms with E-state index in [1.165, 1.54) is 12.4 Å². The first-order valence-corrected chi connectivity index (χ1v) is 19.4. The van der Waals surface area contributed by atoms with Crippen molar-refractivity contribution in [3.05, 3.63) is 106 Å². The quantitative estimate of drug-likeness (QED) is 0.0775. The van der Waals surface area contributed by atoms with Crippen LogP contribution in [0, 0.1) is 0 Å². The van der Waals surface area contributed by atoms with Crippen molar-refractivity contribution in [2.75, 3.05) is 109 Å². The average Bonchev–Trinajstić information content (AvgIpc) is 3.19. The zero-order chi connectivity index (χ0) is 39.8. The number of nitrogens with zero attached hydrogens (tertiary/aromatic N) is 5. The Labute approximate surface area is 329 Å². The molecule has 2 aliphatic carbocycles. The molecule has 0 atom stereocenters. The van der Waals surface area contributed by atoms with Crippen molar-refractivity contribution in [2.24, 2.45) is 0 Å². The molecule has 0 fully saturated rings. The number of benzene rings is 2. The lowest BCUT2D eigenvalue weighted by Crippen LogP contribution is -2.27. The van der Waals surface area contributed by atoms with E-state index in [2.05, 4.69) is 53.0 Å². The van der Waals surface area contributed by atoms with Gasteiger partial charge in [-0.1, -0.05) is 0 Å². The zero-order valence-electron chi connectivity index (χ0n) is 33.1. The van der Waals surface area contributed by atoms with Crippen molar-refractivity contribution in [1.82, 2.24) is 24.7 Å². The van der Waals surface area contributed by atoms with Crippen LogP contribution < -0.4 is 21.3 Å². The van der Waals surface area contributed by atoms with Gasteiger partial charge >= 0.3 is 0 Å². The molecular formula is C43H53N9O4. The molecule has 0 spiro atoms. The van der Waals surface area contributed by atoms with Crippen LogP contribution in [0.3, 0.4) is 0 Å². The number of carbonyl (C=O) groups is 4. The van der Waals surface area contributed by atoms with Crippen LogP contribution in [-0.2, 0) is 0 Å². The second-order valence-electron chi connectivity index (χ2n) is 15.0. The van der Waals surface area contributed by atoms with Crippen LogP contribution >= 0.6 is 0 Å². The van der Waals surface area contributed by atoms with E-state index >= 15 is 0 Å². The van der Waals surface area contributed by atoms with E-state index in [-0.39, 0.29) is 23.1 Å². The Bertz CT molecular complexity index is 1950. The molecule has 0 amide bonds. The van der Waals surface area contributed by atoms with Crippen molar-refractivity contribution < 1.29 is 19.2 Å². The third-order valence-electron chi connectivity index (χ3n) is 10.2. The highest BCUT2D eigenvalue weighted by Gasteiger charge is 2.35. The third-order valence-corrected chi connectivity index (χ3v) is 10.2. The fraction of sp³-hybridized carbons (Fsp3) is 0.395. The lowest BCUT2D eigenvalue weighted by Gasteiger charge is -2.24. The Morgan fingerprint density at radius 2 is 0.732 bits per heavy atom. The number of hydrogen-bond donors (Lipinski definition) is 4. The van der Waals surface area contributed by atoms with Crippen molar-refractivity contribution in [3.63, 3.8) is 0 Å². The molecule has 4 N–H and O–H groups in total. The molecule has 0 bridgehead atoms. The molecule has 13 heteroatoms. The van der Waals surface area contributed by atoms with E-state index in [0.717, 1.165) is 51.9 Å². The van der Waals surface area contributed by atoms with Gasteiger partial charge in [-0.2, -0.15) is 0 Å². The summed E-state index contributed by atoms with van der Waals surface area (Å²) in [5, 5.41) is 13.7. The van der Waals surface area contributed by atoms with E-state index in [1.807, 2.05) is 52.5 Å². The van der Waals surface area contributed by atoms with Gasteiger partial charge in [-0.25, -0.2) is 0 Å². The second-order valence-corrected chi connectivity index (χ2v) is 15.0. The van der Waals surface area contributed by atoms with Crippen molar-refractivity contribution in [1.29, 1.82) is 0 Å². The number of anilines is 4. The zero-order valence-corrected chi connectivity index (χ0v) is 33.1. The predicted octanol–water partition coefficient (Wildman–Crippen LogP) is 4.99. The lowest BCUT2D eigenvalue weighted by atomic mass is 9.83. The van der Waals surface area contributed by atoms with Crippen molar-refractivity contribution in [3.8, 4) is 0 Å². The van der Waals surface area contributed by atoms with Crippen molar-refractivity contribution in [2.45, 2.75) is 25.7 Å². The highest BCUT2D eigenvalue weighted by molar-refractivity contribution is 6.32. The van der Waals surface area contributed by atoms with Gasteiger partial charge in [0.15, 0.2) is 23.1 Å². The first kappa shape index (κ1) is 40.2. The van der Waals surface area contributed by atoms with Gasteiger partial charge in [0.25, 0.3) is 0 Å². The first-order valence-electron chi connectivity index (χ1n) is 19.4. The molecular weight excluding hydrogens is 707 g/mol. The van der Waals surface area contributed by atoms with E-state index in [9.17, 15) is 19.2 Å². The Balaban J connectivity index is 1.04. The van der Waals surface area contributed by atoms with Crippen LogP contribution in [-0.4, -0.2) is 135 Å². The molecule has 2 aromatic heterocycles. The van der Waals surface area contributed by atoms with Gasteiger partial charge in [0.1, 0.15) is 0 Å². The van der Waals surface area contributed by atoms with Crippen LogP contribution in [0.2, 0.25) is 0 Å². The third kappa shape index (κ3) is 8.96. The minimum atomic E-state index is -0.198. The van der Waals surface area contributed by atoms with Crippen molar-refractivity contribution >= 4 is 45.9 Å². The monoisotopic (exact) mass is 759 g/mol. The predicted molar refractivity (Wildman–Crippen MR) is 222 cm³/mol. The number of ketones is 4. The molecule has 294 valence electrons. The van der Waals surface area contributed by atoms with Gasteiger partial charge in [0.2, 0.25) is 0 Å². The van der Waals surface area contributed by atoms with Crippen LogP contribution in [0.1, 0.15) is 89.4 Å². The van der Waals surface area contributed by atoms with E-state index in [0.29, 0.717) is 93.4 Å². The number of pyridine rings is 2. The summed E-state index contributed by atoms with van der Waals surface area (Å²) in [6.45, 7) is 6.01. The number of carbonyl (C=O) groups excluding carboxylic acids is 4. The summed E-state index contributed by atoms with van der Waals surface area (Å²) in [5.41, 5.74) is 5.63. The molecule has 0 unspecified atom stereocenters. The lowest BCUT2D eigenvalue weighted by molar-refractivity contribution is 0.0980. The summed E-state index contributed by atoms with van der Waals surface area (Å²) < 4.78 is 0. The number of fused-ring (bicyclic) bond motifs is 4. The van der Waals surface area contributed by atoms with Gasteiger partial charge in [-0.15, -0.1) is 0 Å². The number of nitrogens with one attached hydrogen (secondary N) is 4. The summed E-state index contributed by atoms with van der Waals surface area (Å²) >= 11 is 0. The van der Waals surface area contributed by atoms with Crippen LogP contribution in [0.25, 0.3) is 0 Å². The molecule has 0 saturated carbocycles. The number of rotatable bonds is 20. The second kappa shape index (κ2) is 18.4. The molecule has 2 aromatic carbocycles. The highest BCUT2D eigenvalue weighted by atomic mass is 16.1. The molecule has 13 nitrogen and oxygen atoms in total. The molecule has 0 aliphatic heterocycles. The average molecular weight is 760 g/mol. The molecule has 6 rings (SSSR count). The summed E-state index contributed by atoms with van der Waals surface area (Å²) in [6, 6.07) is 10.8. The SMILES string of the molecule is CN(C)CCCNc1ccc(NCCCN(C)CCCNc2ccc(NCCCN(C)C)c3c2C(=O)c2ccncc2C3=O)c2c1C(=O)c1cnccc1C2=O. The number of hydrogen-bond acceptors (Lipinski definition) is 13. The van der Waals surface area contributed by atoms with E-state index in [1.54, 1.807) is 24.5 Å². The standard InChI is InChI=1S/C43H53N9O4/c1-50(2)22-6-16-46-34-12-10-32(36-38(34)42(55)30-26-44-20-14-28(30)40(36)53)48-18-8-24-52(5)25-9-19-49-33-11-13-35(47-17-7-23-51(3)4)39-37(33)41(54)29-15-21-45-27-31(29)43(39)56/h10-15,20-21,26-27,46-49H,6-9,16-19,22-25H2,1-5H3. The molecule has 4 aromatic rings. The Morgan fingerprint density at radius 1 is 0.429 bits per heavy atom. The summed E-state index contributed by atoms with van der Waals surface area (Å²) in [4.78, 5) is 69.7. The molecule has 0 radical (unpaired) electrons. The van der Waals surface area contributed by atoms with Gasteiger partial charge in [0, 0.05) is 84.8 Å². The molecule has 0 saturated heterocycles. The normalized spacial score (nSPS) is 13.1. The van der Waals surface area contributed by atoms with Crippen LogP contribution in [0.5, 0.6) is 0 Å². The number of aromatic nitrogens is 2. The Kier molecular flexibility index (Phi) is 13.2. The minimum absolute atomic E-state index is 0.180. The Morgan fingerprint density at radius 3 is 1.05 bits per heavy atom. The molecule has 56 heavy (non-hydrogen) atoms.